The Balaban J connectivity index is 1.51. The van der Waals surface area contributed by atoms with Gasteiger partial charge in [0.25, 0.3) is 0 Å². The van der Waals surface area contributed by atoms with Gasteiger partial charge in [-0.05, 0) is 47.5 Å². The number of nitrogens with two attached hydrogens (primary N) is 1. The fourth-order valence-corrected chi connectivity index (χ4v) is 4.86. The van der Waals surface area contributed by atoms with Crippen LogP contribution in [0.1, 0.15) is 22.3 Å². The van der Waals surface area contributed by atoms with E-state index >= 15 is 0 Å². The molecule has 3 N–H and O–H groups in total. The molecule has 1 atom stereocenters. The van der Waals surface area contributed by atoms with E-state index in [1.165, 1.54) is 0 Å². The summed E-state index contributed by atoms with van der Waals surface area (Å²) in [6.07, 6.45) is 0.827. The van der Waals surface area contributed by atoms with E-state index in [9.17, 15) is 4.79 Å². The highest BCUT2D eigenvalue weighted by Crippen LogP contribution is 2.55. The summed E-state index contributed by atoms with van der Waals surface area (Å²) in [4.78, 5) is 15.8. The summed E-state index contributed by atoms with van der Waals surface area (Å²) in [5, 5.41) is 12.0. The van der Waals surface area contributed by atoms with Crippen molar-refractivity contribution in [1.82, 2.24) is 0 Å². The summed E-state index contributed by atoms with van der Waals surface area (Å²) < 4.78 is 11.7. The standard InChI is InChI=1S/C24H19N3O4/c25-22(26-29)14-5-7-16(8-6-14)27-19-4-2-1-3-17(19)24(23(27)28)13-31-21-12-20-15(9-10-30-20)11-18(21)24/h1-8,11-12,29H,9-10,13H2,(H2,25,26). The molecule has 3 aromatic rings. The van der Waals surface area contributed by atoms with Crippen molar-refractivity contribution in [3.63, 3.8) is 0 Å². The van der Waals surface area contributed by atoms with Crippen LogP contribution < -0.4 is 20.1 Å². The van der Waals surface area contributed by atoms with Crippen LogP contribution >= 0.6 is 0 Å². The zero-order chi connectivity index (χ0) is 21.2. The second-order valence-corrected chi connectivity index (χ2v) is 7.94. The van der Waals surface area contributed by atoms with E-state index in [1.54, 1.807) is 29.2 Å². The number of nitrogens with zero attached hydrogens (tertiary/aromatic N) is 2. The zero-order valence-corrected chi connectivity index (χ0v) is 16.5. The van der Waals surface area contributed by atoms with Gasteiger partial charge in [-0.15, -0.1) is 0 Å². The Labute approximate surface area is 178 Å². The van der Waals surface area contributed by atoms with E-state index in [2.05, 4.69) is 11.2 Å². The van der Waals surface area contributed by atoms with Crippen LogP contribution in [0.2, 0.25) is 0 Å². The summed E-state index contributed by atoms with van der Waals surface area (Å²) in [5.41, 5.74) is 9.84. The van der Waals surface area contributed by atoms with Crippen LogP contribution in [0.4, 0.5) is 11.4 Å². The Morgan fingerprint density at radius 2 is 1.84 bits per heavy atom. The van der Waals surface area contributed by atoms with Gasteiger partial charge in [0.2, 0.25) is 5.91 Å². The number of hydrogen-bond donors (Lipinski definition) is 2. The quantitative estimate of drug-likeness (QED) is 0.291. The summed E-state index contributed by atoms with van der Waals surface area (Å²) in [6, 6.07) is 18.9. The number of ether oxygens (including phenoxy) is 2. The molecule has 1 amide bonds. The van der Waals surface area contributed by atoms with Gasteiger partial charge in [-0.2, -0.15) is 0 Å². The van der Waals surface area contributed by atoms with Crippen LogP contribution in [-0.2, 0) is 16.6 Å². The smallest absolute Gasteiger partial charge is 0.250 e. The molecule has 6 rings (SSSR count). The lowest BCUT2D eigenvalue weighted by Crippen LogP contribution is -2.40. The molecular weight excluding hydrogens is 394 g/mol. The molecule has 154 valence electrons. The van der Waals surface area contributed by atoms with Crippen molar-refractivity contribution in [3.05, 3.63) is 82.9 Å². The lowest BCUT2D eigenvalue weighted by Gasteiger charge is -2.23. The first kappa shape index (κ1) is 17.8. The largest absolute Gasteiger partial charge is 0.493 e. The summed E-state index contributed by atoms with van der Waals surface area (Å²) in [5.74, 6) is 1.51. The minimum atomic E-state index is -0.895. The third-order valence-electron chi connectivity index (χ3n) is 6.40. The third kappa shape index (κ3) is 2.28. The Kier molecular flexibility index (Phi) is 3.59. The molecule has 3 aliphatic heterocycles. The molecule has 3 heterocycles. The molecule has 3 aliphatic rings. The molecule has 7 nitrogen and oxygen atoms in total. The van der Waals surface area contributed by atoms with Crippen molar-refractivity contribution in [1.29, 1.82) is 0 Å². The van der Waals surface area contributed by atoms with Crippen molar-refractivity contribution in [2.75, 3.05) is 18.1 Å². The van der Waals surface area contributed by atoms with Crippen LogP contribution in [-0.4, -0.2) is 30.2 Å². The predicted octanol–water partition coefficient (Wildman–Crippen LogP) is 3.07. The normalized spacial score (nSPS) is 21.0. The number of anilines is 2. The molecule has 31 heavy (non-hydrogen) atoms. The number of amidine groups is 1. The van der Waals surface area contributed by atoms with Crippen LogP contribution in [0, 0.1) is 0 Å². The van der Waals surface area contributed by atoms with Gasteiger partial charge in [0, 0.05) is 29.3 Å². The molecule has 7 heteroatoms. The molecule has 0 aliphatic carbocycles. The van der Waals surface area contributed by atoms with Gasteiger partial charge in [0.15, 0.2) is 5.84 Å². The number of hydrogen-bond acceptors (Lipinski definition) is 5. The highest BCUT2D eigenvalue weighted by Gasteiger charge is 2.57. The topological polar surface area (TPSA) is 97.4 Å². The van der Waals surface area contributed by atoms with Gasteiger partial charge in [0.1, 0.15) is 23.5 Å². The first-order valence-corrected chi connectivity index (χ1v) is 10.1. The van der Waals surface area contributed by atoms with Crippen molar-refractivity contribution in [2.45, 2.75) is 11.8 Å². The second kappa shape index (κ2) is 6.25. The van der Waals surface area contributed by atoms with E-state index in [4.69, 9.17) is 20.4 Å². The highest BCUT2D eigenvalue weighted by atomic mass is 16.5. The van der Waals surface area contributed by atoms with Crippen molar-refractivity contribution >= 4 is 23.1 Å². The Morgan fingerprint density at radius 1 is 1.03 bits per heavy atom. The van der Waals surface area contributed by atoms with E-state index < -0.39 is 5.41 Å². The zero-order valence-electron chi connectivity index (χ0n) is 16.5. The van der Waals surface area contributed by atoms with Gasteiger partial charge in [-0.25, -0.2) is 0 Å². The van der Waals surface area contributed by atoms with E-state index in [1.807, 2.05) is 30.3 Å². The highest BCUT2D eigenvalue weighted by molar-refractivity contribution is 6.16. The van der Waals surface area contributed by atoms with Gasteiger partial charge in [-0.1, -0.05) is 23.4 Å². The maximum atomic E-state index is 14.1. The molecule has 0 aromatic heterocycles. The average Bonchev–Trinajstić information content (AvgIpc) is 3.48. The summed E-state index contributed by atoms with van der Waals surface area (Å²) >= 11 is 0. The molecule has 0 fully saturated rings. The Hall–Kier alpha value is -4.00. The summed E-state index contributed by atoms with van der Waals surface area (Å²) in [6.45, 7) is 0.897. The van der Waals surface area contributed by atoms with Crippen molar-refractivity contribution < 1.29 is 19.5 Å². The lowest BCUT2D eigenvalue weighted by atomic mass is 9.76. The molecule has 1 spiro atoms. The van der Waals surface area contributed by atoms with Crippen LogP contribution in [0.5, 0.6) is 11.5 Å². The number of carbonyl (C=O) groups is 1. The SMILES string of the molecule is NC(=NO)c1ccc(N2C(=O)C3(COc4cc5c(cc43)CCO5)c3ccccc32)cc1. The number of amides is 1. The number of rotatable bonds is 2. The molecule has 1 unspecified atom stereocenters. The van der Waals surface area contributed by atoms with E-state index in [-0.39, 0.29) is 18.3 Å². The number of para-hydroxylation sites is 1. The molecule has 0 saturated carbocycles. The average molecular weight is 413 g/mol. The van der Waals surface area contributed by atoms with E-state index in [0.29, 0.717) is 23.6 Å². The van der Waals surface area contributed by atoms with Gasteiger partial charge in [0.05, 0.1) is 12.3 Å². The van der Waals surface area contributed by atoms with Crippen LogP contribution in [0.3, 0.4) is 0 Å². The maximum Gasteiger partial charge on any atom is 0.250 e. The Bertz CT molecular complexity index is 1270. The van der Waals surface area contributed by atoms with E-state index in [0.717, 1.165) is 34.5 Å². The molecule has 0 saturated heterocycles. The minimum Gasteiger partial charge on any atom is -0.493 e. The minimum absolute atomic E-state index is 0.0189. The number of fused-ring (bicyclic) bond motifs is 5. The van der Waals surface area contributed by atoms with Crippen molar-refractivity contribution in [2.24, 2.45) is 10.9 Å². The fraction of sp³-hybridized carbons (Fsp3) is 0.167. The van der Waals surface area contributed by atoms with Gasteiger partial charge in [-0.3, -0.25) is 9.69 Å². The first-order chi connectivity index (χ1) is 15.1. The monoisotopic (exact) mass is 413 g/mol. The van der Waals surface area contributed by atoms with Gasteiger partial charge < -0.3 is 20.4 Å². The van der Waals surface area contributed by atoms with Crippen LogP contribution in [0.15, 0.2) is 65.8 Å². The van der Waals surface area contributed by atoms with Crippen molar-refractivity contribution in [3.8, 4) is 11.5 Å². The molecule has 0 radical (unpaired) electrons. The second-order valence-electron chi connectivity index (χ2n) is 7.94. The fourth-order valence-electron chi connectivity index (χ4n) is 4.86. The molecular formula is C24H19N3O4. The number of benzene rings is 3. The number of carbonyl (C=O) groups excluding carboxylic acids is 1. The third-order valence-corrected chi connectivity index (χ3v) is 6.40. The Morgan fingerprint density at radius 3 is 2.65 bits per heavy atom. The summed E-state index contributed by atoms with van der Waals surface area (Å²) in [7, 11) is 0. The number of oxime groups is 1. The maximum absolute atomic E-state index is 14.1. The lowest BCUT2D eigenvalue weighted by molar-refractivity contribution is -0.121. The van der Waals surface area contributed by atoms with Gasteiger partial charge >= 0.3 is 0 Å². The predicted molar refractivity (Wildman–Crippen MR) is 114 cm³/mol. The van der Waals surface area contributed by atoms with Crippen LogP contribution in [0.25, 0.3) is 0 Å². The first-order valence-electron chi connectivity index (χ1n) is 10.1. The molecule has 3 aromatic carbocycles. The molecule has 0 bridgehead atoms.